The first-order chi connectivity index (χ1) is 14.8. The lowest BCUT2D eigenvalue weighted by molar-refractivity contribution is -0.156. The number of likely N-dealkylation sites (N-methyl/N-ethyl adjacent to an activating group) is 1. The Balaban J connectivity index is 1.30. The summed E-state index contributed by atoms with van der Waals surface area (Å²) in [5.74, 6) is 0.0143. The summed E-state index contributed by atoms with van der Waals surface area (Å²) in [6.07, 6.45) is 3.08. The molecule has 1 N–H and O–H groups in total. The lowest BCUT2D eigenvalue weighted by Crippen LogP contribution is -2.68. The lowest BCUT2D eigenvalue weighted by Gasteiger charge is -2.59. The third kappa shape index (κ3) is 4.39. The summed E-state index contributed by atoms with van der Waals surface area (Å²) < 4.78 is 0. The number of carbonyl (C=O) groups excluding carboxylic acids is 3. The maximum Gasteiger partial charge on any atom is 0.344 e. The van der Waals surface area contributed by atoms with Crippen LogP contribution < -0.4 is 5.32 Å². The van der Waals surface area contributed by atoms with E-state index in [9.17, 15) is 14.4 Å². The summed E-state index contributed by atoms with van der Waals surface area (Å²) in [5.41, 5.74) is 1.17. The summed E-state index contributed by atoms with van der Waals surface area (Å²) in [6.45, 7) is 5.44. The number of hydrogen-bond acceptors (Lipinski definition) is 4. The van der Waals surface area contributed by atoms with E-state index in [0.717, 1.165) is 31.5 Å². The van der Waals surface area contributed by atoms with Crippen LogP contribution in [0.25, 0.3) is 0 Å². The minimum absolute atomic E-state index is 0.101. The molecule has 8 heteroatoms. The zero-order valence-electron chi connectivity index (χ0n) is 18.5. The molecule has 1 spiro atoms. The van der Waals surface area contributed by atoms with E-state index in [1.165, 1.54) is 9.96 Å². The summed E-state index contributed by atoms with van der Waals surface area (Å²) in [5, 5.41) is 4.53. The number of carbonyl (C=O) groups is 3. The summed E-state index contributed by atoms with van der Waals surface area (Å²) in [7, 11) is 1.67. The first-order valence-corrected chi connectivity index (χ1v) is 11.1. The minimum Gasteiger partial charge on any atom is -0.352 e. The van der Waals surface area contributed by atoms with Crippen LogP contribution in [0.2, 0.25) is 0 Å². The molecule has 1 aliphatic carbocycles. The van der Waals surface area contributed by atoms with Gasteiger partial charge in [0.25, 0.3) is 0 Å². The maximum absolute atomic E-state index is 13.0. The van der Waals surface area contributed by atoms with E-state index in [-0.39, 0.29) is 35.3 Å². The van der Waals surface area contributed by atoms with Crippen LogP contribution in [-0.4, -0.2) is 71.0 Å². The van der Waals surface area contributed by atoms with E-state index in [2.05, 4.69) is 5.32 Å². The Bertz CT molecular complexity index is 831. The molecule has 0 unspecified atom stereocenters. The van der Waals surface area contributed by atoms with E-state index in [1.54, 1.807) is 14.0 Å². The second kappa shape index (κ2) is 8.49. The smallest absolute Gasteiger partial charge is 0.344 e. The van der Waals surface area contributed by atoms with Gasteiger partial charge in [0.15, 0.2) is 0 Å². The molecule has 3 fully saturated rings. The first kappa shape index (κ1) is 21.6. The quantitative estimate of drug-likeness (QED) is 0.779. The Morgan fingerprint density at radius 2 is 1.84 bits per heavy atom. The van der Waals surface area contributed by atoms with Gasteiger partial charge in [-0.3, -0.25) is 14.4 Å². The molecule has 1 saturated carbocycles. The predicted octanol–water partition coefficient (Wildman–Crippen LogP) is 2.15. The standard InChI is InChI=1S/C23H32N4O4/c1-16-9-10-20(21(29)24-19-11-23(12-19)14-26(15-23)17(2)28)25(3)22(30)27(16)31-13-18-7-5-4-6-8-18/h4-8,16,19-20H,9-15H2,1-3H3,(H,24,29)/t16-,20-/m0/s1. The van der Waals surface area contributed by atoms with Crippen molar-refractivity contribution in [1.82, 2.24) is 20.2 Å². The van der Waals surface area contributed by atoms with Crippen molar-refractivity contribution in [2.75, 3.05) is 20.1 Å². The number of nitrogens with zero attached hydrogens (tertiary/aromatic N) is 3. The molecule has 4 amide bonds. The van der Waals surface area contributed by atoms with Crippen molar-refractivity contribution in [3.05, 3.63) is 35.9 Å². The van der Waals surface area contributed by atoms with Crippen molar-refractivity contribution >= 4 is 17.8 Å². The van der Waals surface area contributed by atoms with Crippen LogP contribution in [0.15, 0.2) is 30.3 Å². The summed E-state index contributed by atoms with van der Waals surface area (Å²) in [4.78, 5) is 46.6. The number of likely N-dealkylation sites (tertiary alicyclic amines) is 1. The molecule has 1 aromatic carbocycles. The molecule has 0 bridgehead atoms. The number of nitrogens with one attached hydrogen (secondary N) is 1. The Morgan fingerprint density at radius 1 is 1.16 bits per heavy atom. The minimum atomic E-state index is -0.507. The average Bonchev–Trinajstić information content (AvgIpc) is 2.78. The van der Waals surface area contributed by atoms with Gasteiger partial charge in [0.2, 0.25) is 11.8 Å². The van der Waals surface area contributed by atoms with Crippen molar-refractivity contribution in [3.63, 3.8) is 0 Å². The van der Waals surface area contributed by atoms with Gasteiger partial charge in [-0.1, -0.05) is 30.3 Å². The van der Waals surface area contributed by atoms with Crippen molar-refractivity contribution in [1.29, 1.82) is 0 Å². The van der Waals surface area contributed by atoms with Crippen molar-refractivity contribution in [3.8, 4) is 0 Å². The van der Waals surface area contributed by atoms with E-state index >= 15 is 0 Å². The molecule has 1 aromatic rings. The second-order valence-electron chi connectivity index (χ2n) is 9.41. The molecule has 3 aliphatic rings. The van der Waals surface area contributed by atoms with Crippen LogP contribution in [0.5, 0.6) is 0 Å². The van der Waals surface area contributed by atoms with Crippen LogP contribution in [0, 0.1) is 5.41 Å². The van der Waals surface area contributed by atoms with Crippen LogP contribution in [0.1, 0.15) is 45.1 Å². The number of rotatable bonds is 5. The molecular formula is C23H32N4O4. The van der Waals surface area contributed by atoms with Gasteiger partial charge < -0.3 is 15.1 Å². The lowest BCUT2D eigenvalue weighted by atomic mass is 9.60. The van der Waals surface area contributed by atoms with Crippen molar-refractivity contribution < 1.29 is 19.2 Å². The highest BCUT2D eigenvalue weighted by Gasteiger charge is 2.53. The van der Waals surface area contributed by atoms with Gasteiger partial charge >= 0.3 is 6.03 Å². The Hall–Kier alpha value is -2.61. The fourth-order valence-electron chi connectivity index (χ4n) is 5.02. The molecule has 31 heavy (non-hydrogen) atoms. The molecule has 0 radical (unpaired) electrons. The third-order valence-corrected chi connectivity index (χ3v) is 6.93. The number of hydroxylamine groups is 2. The van der Waals surface area contributed by atoms with Crippen LogP contribution >= 0.6 is 0 Å². The first-order valence-electron chi connectivity index (χ1n) is 11.1. The largest absolute Gasteiger partial charge is 0.352 e. The van der Waals surface area contributed by atoms with Crippen molar-refractivity contribution in [2.45, 2.75) is 64.3 Å². The van der Waals surface area contributed by atoms with Gasteiger partial charge in [0.05, 0.1) is 6.04 Å². The highest BCUT2D eigenvalue weighted by atomic mass is 16.7. The molecule has 4 rings (SSSR count). The molecule has 2 aliphatic heterocycles. The van der Waals surface area contributed by atoms with Gasteiger partial charge in [0.1, 0.15) is 12.6 Å². The Labute approximate surface area is 183 Å². The number of amides is 4. The number of urea groups is 1. The van der Waals surface area contributed by atoms with E-state index < -0.39 is 6.04 Å². The monoisotopic (exact) mass is 428 g/mol. The summed E-state index contributed by atoms with van der Waals surface area (Å²) >= 11 is 0. The van der Waals surface area contributed by atoms with E-state index in [0.29, 0.717) is 19.4 Å². The highest BCUT2D eigenvalue weighted by Crippen LogP contribution is 2.48. The van der Waals surface area contributed by atoms with Gasteiger partial charge in [0, 0.05) is 38.5 Å². The topological polar surface area (TPSA) is 82.2 Å². The van der Waals surface area contributed by atoms with Crippen LogP contribution in [0.3, 0.4) is 0 Å². The molecule has 2 heterocycles. The number of benzene rings is 1. The molecule has 2 atom stereocenters. The van der Waals surface area contributed by atoms with Crippen LogP contribution in [0.4, 0.5) is 4.79 Å². The van der Waals surface area contributed by atoms with Crippen molar-refractivity contribution in [2.24, 2.45) is 5.41 Å². The van der Waals surface area contributed by atoms with Gasteiger partial charge in [-0.2, -0.15) is 5.06 Å². The highest BCUT2D eigenvalue weighted by molar-refractivity contribution is 5.87. The van der Waals surface area contributed by atoms with E-state index in [4.69, 9.17) is 4.84 Å². The zero-order valence-corrected chi connectivity index (χ0v) is 18.5. The van der Waals surface area contributed by atoms with Gasteiger partial charge in [-0.25, -0.2) is 4.79 Å². The SMILES string of the molecule is CC(=O)N1CC2(CC(NC(=O)[C@@H]3CC[C@H](C)N(OCc4ccccc4)C(=O)N3C)C2)C1. The van der Waals surface area contributed by atoms with E-state index in [1.807, 2.05) is 42.2 Å². The zero-order chi connectivity index (χ0) is 22.2. The van der Waals surface area contributed by atoms with Gasteiger partial charge in [-0.05, 0) is 38.2 Å². The fraction of sp³-hybridized carbons (Fsp3) is 0.609. The molecule has 2 saturated heterocycles. The normalized spacial score (nSPS) is 25.6. The Kier molecular flexibility index (Phi) is 5.92. The third-order valence-electron chi connectivity index (χ3n) is 6.93. The van der Waals surface area contributed by atoms with Crippen LogP contribution in [-0.2, 0) is 21.0 Å². The average molecular weight is 429 g/mol. The molecule has 0 aromatic heterocycles. The maximum atomic E-state index is 13.0. The molecule has 168 valence electrons. The number of hydrogen-bond donors (Lipinski definition) is 1. The molecular weight excluding hydrogens is 396 g/mol. The van der Waals surface area contributed by atoms with Gasteiger partial charge in [-0.15, -0.1) is 0 Å². The second-order valence-corrected chi connectivity index (χ2v) is 9.41. The fourth-order valence-corrected chi connectivity index (χ4v) is 5.02. The predicted molar refractivity (Wildman–Crippen MR) is 115 cm³/mol. The summed E-state index contributed by atoms with van der Waals surface area (Å²) in [6, 6.07) is 8.93. The Morgan fingerprint density at radius 3 is 2.48 bits per heavy atom. The molecule has 8 nitrogen and oxygen atoms in total.